The molecule has 34 heavy (non-hydrogen) atoms. The molecule has 0 spiro atoms. The summed E-state index contributed by atoms with van der Waals surface area (Å²) in [4.78, 5) is 18.1. The number of halogens is 5. The molecule has 2 aliphatic rings. The second-order valence-electron chi connectivity index (χ2n) is 8.88. The first-order valence-corrected chi connectivity index (χ1v) is 11.1. The molecular formula is C24H23ClF4N2O3. The van der Waals surface area contributed by atoms with E-state index in [2.05, 4.69) is 10.5 Å². The van der Waals surface area contributed by atoms with Crippen molar-refractivity contribution < 1.29 is 31.9 Å². The maximum absolute atomic E-state index is 14.7. The van der Waals surface area contributed by atoms with Gasteiger partial charge in [0.2, 0.25) is 0 Å². The van der Waals surface area contributed by atoms with Crippen molar-refractivity contribution in [2.75, 3.05) is 7.11 Å². The van der Waals surface area contributed by atoms with Gasteiger partial charge in [-0.15, -0.1) is 0 Å². The standard InChI is InChI=1S/C24H23ClF4N2O3/c1-12-6-13(4-5-17(12)22(32)30-15-9-16(10-15)33-3)20-11-23(2,34-31-20)18-7-14(24(27,28)29)8-19(25)21(18)26/h4-8,15-16H,9-11H2,1-3H3,(H,30,32). The first-order valence-electron chi connectivity index (χ1n) is 10.7. The largest absolute Gasteiger partial charge is 0.416 e. The van der Waals surface area contributed by atoms with Crippen molar-refractivity contribution in [3.63, 3.8) is 0 Å². The first-order chi connectivity index (χ1) is 15.9. The van der Waals surface area contributed by atoms with Gasteiger partial charge in [-0.25, -0.2) is 4.39 Å². The molecule has 5 nitrogen and oxygen atoms in total. The molecule has 1 aliphatic carbocycles. The van der Waals surface area contributed by atoms with Gasteiger partial charge in [0.25, 0.3) is 5.91 Å². The number of aryl methyl sites for hydroxylation is 1. The topological polar surface area (TPSA) is 59.9 Å². The van der Waals surface area contributed by atoms with Crippen LogP contribution in [-0.2, 0) is 21.4 Å². The van der Waals surface area contributed by atoms with Crippen LogP contribution in [0.2, 0.25) is 5.02 Å². The van der Waals surface area contributed by atoms with Crippen LogP contribution in [0.25, 0.3) is 0 Å². The number of hydrogen-bond donors (Lipinski definition) is 1. The number of rotatable bonds is 5. The molecule has 1 unspecified atom stereocenters. The van der Waals surface area contributed by atoms with E-state index in [0.717, 1.165) is 12.8 Å². The van der Waals surface area contributed by atoms with Gasteiger partial charge in [0.15, 0.2) is 5.60 Å². The molecule has 0 radical (unpaired) electrons. The highest BCUT2D eigenvalue weighted by Gasteiger charge is 2.42. The summed E-state index contributed by atoms with van der Waals surface area (Å²) in [5.41, 5.74) is -0.622. The van der Waals surface area contributed by atoms with Crippen LogP contribution in [-0.4, -0.2) is 30.9 Å². The number of benzene rings is 2. The molecule has 1 fully saturated rings. The summed E-state index contributed by atoms with van der Waals surface area (Å²) in [7, 11) is 1.64. The van der Waals surface area contributed by atoms with E-state index in [1.54, 1.807) is 32.2 Å². The van der Waals surface area contributed by atoms with Gasteiger partial charge in [-0.2, -0.15) is 13.2 Å². The lowest BCUT2D eigenvalue weighted by Gasteiger charge is -2.34. The van der Waals surface area contributed by atoms with E-state index in [1.807, 2.05) is 0 Å². The lowest BCUT2D eigenvalue weighted by molar-refractivity contribution is -0.137. The van der Waals surface area contributed by atoms with Crippen molar-refractivity contribution in [3.05, 3.63) is 69.0 Å². The van der Waals surface area contributed by atoms with Crippen LogP contribution in [0.5, 0.6) is 0 Å². The summed E-state index contributed by atoms with van der Waals surface area (Å²) in [6.07, 6.45) is -2.97. The minimum Gasteiger partial charge on any atom is -0.384 e. The Bertz CT molecular complexity index is 1160. The summed E-state index contributed by atoms with van der Waals surface area (Å²) >= 11 is 5.74. The zero-order valence-corrected chi connectivity index (χ0v) is 19.5. The minimum absolute atomic E-state index is 0.0209. The summed E-state index contributed by atoms with van der Waals surface area (Å²) in [6.45, 7) is 3.23. The van der Waals surface area contributed by atoms with Crippen LogP contribution in [0.1, 0.15) is 58.8 Å². The van der Waals surface area contributed by atoms with Gasteiger partial charge in [0, 0.05) is 30.7 Å². The minimum atomic E-state index is -4.69. The fourth-order valence-corrected chi connectivity index (χ4v) is 4.43. The molecule has 1 heterocycles. The molecule has 1 N–H and O–H groups in total. The molecule has 0 aromatic heterocycles. The van der Waals surface area contributed by atoms with E-state index in [9.17, 15) is 22.4 Å². The van der Waals surface area contributed by atoms with Crippen molar-refractivity contribution in [1.29, 1.82) is 0 Å². The third-order valence-corrected chi connectivity index (χ3v) is 6.63. The number of amides is 1. The Labute approximate surface area is 199 Å². The van der Waals surface area contributed by atoms with E-state index in [1.165, 1.54) is 6.92 Å². The van der Waals surface area contributed by atoms with Crippen LogP contribution in [0, 0.1) is 12.7 Å². The van der Waals surface area contributed by atoms with Gasteiger partial charge in [-0.3, -0.25) is 4.79 Å². The van der Waals surface area contributed by atoms with Crippen LogP contribution in [0.15, 0.2) is 35.5 Å². The van der Waals surface area contributed by atoms with Gasteiger partial charge in [-0.05, 0) is 62.1 Å². The van der Waals surface area contributed by atoms with Crippen molar-refractivity contribution in [1.82, 2.24) is 5.32 Å². The highest BCUT2D eigenvalue weighted by Crippen LogP contribution is 2.42. The Kier molecular flexibility index (Phi) is 6.37. The zero-order chi connectivity index (χ0) is 24.8. The molecule has 0 bridgehead atoms. The fourth-order valence-electron chi connectivity index (χ4n) is 4.21. The van der Waals surface area contributed by atoms with E-state index >= 15 is 0 Å². The van der Waals surface area contributed by atoms with E-state index in [4.69, 9.17) is 21.2 Å². The predicted octanol–water partition coefficient (Wildman–Crippen LogP) is 5.75. The first kappa shape index (κ1) is 24.5. The second-order valence-corrected chi connectivity index (χ2v) is 9.29. The molecule has 1 saturated carbocycles. The molecular weight excluding hydrogens is 476 g/mol. The smallest absolute Gasteiger partial charge is 0.384 e. The Hall–Kier alpha value is -2.65. The normalized spacial score (nSPS) is 24.3. The van der Waals surface area contributed by atoms with Crippen molar-refractivity contribution >= 4 is 23.2 Å². The SMILES string of the molecule is COC1CC(NC(=O)c2ccc(C3=NOC(C)(c4cc(C(F)(F)F)cc(Cl)c4F)C3)cc2C)C1. The van der Waals surface area contributed by atoms with Crippen LogP contribution in [0.4, 0.5) is 17.6 Å². The summed E-state index contributed by atoms with van der Waals surface area (Å²) in [6, 6.07) is 6.41. The number of hydrogen-bond acceptors (Lipinski definition) is 4. The molecule has 10 heteroatoms. The maximum Gasteiger partial charge on any atom is 0.416 e. The van der Waals surface area contributed by atoms with Gasteiger partial charge in [0.05, 0.1) is 22.4 Å². The molecule has 2 aromatic rings. The number of ether oxygens (including phenoxy) is 1. The highest BCUT2D eigenvalue weighted by molar-refractivity contribution is 6.30. The number of alkyl halides is 3. The number of nitrogens with zero attached hydrogens (tertiary/aromatic N) is 1. The van der Waals surface area contributed by atoms with Crippen LogP contribution in [0.3, 0.4) is 0 Å². The molecule has 2 aromatic carbocycles. The van der Waals surface area contributed by atoms with Crippen LogP contribution >= 0.6 is 11.6 Å². The lowest BCUT2D eigenvalue weighted by Crippen LogP contribution is -2.47. The van der Waals surface area contributed by atoms with Crippen molar-refractivity contribution in [3.8, 4) is 0 Å². The van der Waals surface area contributed by atoms with Crippen molar-refractivity contribution in [2.24, 2.45) is 5.16 Å². The second kappa shape index (κ2) is 8.85. The van der Waals surface area contributed by atoms with E-state index in [0.29, 0.717) is 34.5 Å². The number of oxime groups is 1. The van der Waals surface area contributed by atoms with E-state index in [-0.39, 0.29) is 30.0 Å². The summed E-state index contributed by atoms with van der Waals surface area (Å²) < 4.78 is 59.6. The average Bonchev–Trinajstić information content (AvgIpc) is 3.14. The monoisotopic (exact) mass is 498 g/mol. The van der Waals surface area contributed by atoms with Gasteiger partial charge in [-0.1, -0.05) is 22.8 Å². The van der Waals surface area contributed by atoms with E-state index < -0.39 is 28.2 Å². The summed E-state index contributed by atoms with van der Waals surface area (Å²) in [5, 5.41) is 6.34. The molecule has 4 rings (SSSR count). The average molecular weight is 499 g/mol. The predicted molar refractivity (Wildman–Crippen MR) is 118 cm³/mol. The molecule has 1 aliphatic heterocycles. The third kappa shape index (κ3) is 4.63. The molecule has 0 saturated heterocycles. The number of carbonyl (C=O) groups is 1. The Morgan fingerprint density at radius 3 is 2.59 bits per heavy atom. The summed E-state index contributed by atoms with van der Waals surface area (Å²) in [5.74, 6) is -1.18. The lowest BCUT2D eigenvalue weighted by atomic mass is 9.87. The number of methoxy groups -OCH3 is 1. The Morgan fingerprint density at radius 1 is 1.26 bits per heavy atom. The van der Waals surface area contributed by atoms with Gasteiger partial charge in [0.1, 0.15) is 5.82 Å². The molecule has 182 valence electrons. The van der Waals surface area contributed by atoms with Crippen molar-refractivity contribution in [2.45, 2.75) is 57.0 Å². The molecule has 1 amide bonds. The number of carbonyl (C=O) groups excluding carboxylic acids is 1. The Balaban J connectivity index is 1.52. The third-order valence-electron chi connectivity index (χ3n) is 6.36. The fraction of sp³-hybridized carbons (Fsp3) is 0.417. The quantitative estimate of drug-likeness (QED) is 0.534. The van der Waals surface area contributed by atoms with Crippen LogP contribution < -0.4 is 5.32 Å². The molecule has 1 atom stereocenters. The maximum atomic E-state index is 14.7. The Morgan fingerprint density at radius 2 is 1.97 bits per heavy atom. The van der Waals surface area contributed by atoms with Gasteiger partial charge >= 0.3 is 6.18 Å². The van der Waals surface area contributed by atoms with Gasteiger partial charge < -0.3 is 14.9 Å². The highest BCUT2D eigenvalue weighted by atomic mass is 35.5. The number of nitrogens with one attached hydrogen (secondary N) is 1. The zero-order valence-electron chi connectivity index (χ0n) is 18.7.